The average molecular weight is 488 g/mol. The zero-order valence-corrected chi connectivity index (χ0v) is 20.7. The first-order valence-corrected chi connectivity index (χ1v) is 12.2. The van der Waals surface area contributed by atoms with E-state index in [1.807, 2.05) is 49.4 Å². The number of unbranched alkanes of at least 4 members (excludes halogenated alkanes) is 1. The first-order valence-electron chi connectivity index (χ1n) is 12.2. The predicted octanol–water partition coefficient (Wildman–Crippen LogP) is 4.81. The van der Waals surface area contributed by atoms with Gasteiger partial charge in [0.25, 0.3) is 0 Å². The summed E-state index contributed by atoms with van der Waals surface area (Å²) < 4.78 is 22.1. The lowest BCUT2D eigenvalue weighted by molar-refractivity contribution is -0.149. The number of carbonyl (C=O) groups excluding carboxylic acids is 1. The minimum Gasteiger partial charge on any atom is -0.494 e. The van der Waals surface area contributed by atoms with Crippen LogP contribution in [0.3, 0.4) is 0 Å². The third-order valence-corrected chi connectivity index (χ3v) is 5.14. The number of carboxylic acid groups (broad SMARTS) is 1. The van der Waals surface area contributed by atoms with Gasteiger partial charge in [-0.3, -0.25) is 0 Å². The van der Waals surface area contributed by atoms with Crippen molar-refractivity contribution in [3.8, 4) is 11.5 Å². The molecule has 1 N–H and O–H groups in total. The van der Waals surface area contributed by atoms with E-state index in [-0.39, 0.29) is 12.5 Å². The van der Waals surface area contributed by atoms with E-state index >= 15 is 0 Å². The Morgan fingerprint density at radius 2 is 1.54 bits per heavy atom. The maximum absolute atomic E-state index is 12.4. The molecule has 8 heteroatoms. The summed E-state index contributed by atoms with van der Waals surface area (Å²) in [7, 11) is 0. The van der Waals surface area contributed by atoms with Crippen molar-refractivity contribution in [1.29, 1.82) is 0 Å². The fraction of sp³-hybridized carbons (Fsp3) is 0.481. The van der Waals surface area contributed by atoms with Crippen molar-refractivity contribution in [3.63, 3.8) is 0 Å². The van der Waals surface area contributed by atoms with Crippen molar-refractivity contribution in [2.75, 3.05) is 39.5 Å². The Hall–Kier alpha value is -3.26. The molecule has 0 aliphatic rings. The number of carboxylic acids is 1. The highest BCUT2D eigenvalue weighted by Gasteiger charge is 2.18. The Kier molecular flexibility index (Phi) is 13.1. The zero-order chi connectivity index (χ0) is 25.3. The first-order chi connectivity index (χ1) is 17.0. The van der Waals surface area contributed by atoms with Crippen LogP contribution < -0.4 is 9.47 Å². The van der Waals surface area contributed by atoms with E-state index in [1.165, 1.54) is 0 Å². The number of para-hydroxylation sites is 1. The highest BCUT2D eigenvalue weighted by Crippen LogP contribution is 2.15. The van der Waals surface area contributed by atoms with Crippen LogP contribution in [0.5, 0.6) is 11.5 Å². The number of aliphatic carboxylic acids is 1. The molecule has 35 heavy (non-hydrogen) atoms. The molecular formula is C27H37NO7. The van der Waals surface area contributed by atoms with E-state index in [1.54, 1.807) is 24.0 Å². The van der Waals surface area contributed by atoms with Gasteiger partial charge < -0.3 is 29.0 Å². The van der Waals surface area contributed by atoms with Crippen molar-refractivity contribution < 1.29 is 33.6 Å². The monoisotopic (exact) mass is 487 g/mol. The number of rotatable bonds is 17. The average Bonchev–Trinajstić information content (AvgIpc) is 2.87. The second kappa shape index (κ2) is 16.4. The van der Waals surface area contributed by atoms with E-state index in [4.69, 9.17) is 18.9 Å². The highest BCUT2D eigenvalue weighted by molar-refractivity contribution is 5.72. The lowest BCUT2D eigenvalue weighted by atomic mass is 10.1. The molecule has 0 saturated carbocycles. The number of amides is 1. The largest absolute Gasteiger partial charge is 0.494 e. The molecule has 2 rings (SSSR count). The molecule has 192 valence electrons. The second-order valence-corrected chi connectivity index (χ2v) is 7.95. The predicted molar refractivity (Wildman–Crippen MR) is 133 cm³/mol. The Morgan fingerprint density at radius 3 is 2.20 bits per heavy atom. The number of hydrogen-bond donors (Lipinski definition) is 1. The van der Waals surface area contributed by atoms with Crippen LogP contribution in [0.25, 0.3) is 0 Å². The van der Waals surface area contributed by atoms with Gasteiger partial charge in [-0.25, -0.2) is 9.59 Å². The van der Waals surface area contributed by atoms with Crippen molar-refractivity contribution in [1.82, 2.24) is 4.90 Å². The van der Waals surface area contributed by atoms with E-state index in [2.05, 4.69) is 0 Å². The third-order valence-electron chi connectivity index (χ3n) is 5.14. The Labute approximate surface area is 207 Å². The summed E-state index contributed by atoms with van der Waals surface area (Å²) in [5, 5.41) is 9.23. The second-order valence-electron chi connectivity index (χ2n) is 7.95. The molecule has 0 radical (unpaired) electrons. The molecule has 2 aromatic rings. The lowest BCUT2D eigenvalue weighted by Crippen LogP contribution is -2.36. The smallest absolute Gasteiger partial charge is 0.409 e. The number of ether oxygens (including phenoxy) is 4. The molecule has 1 atom stereocenters. The minimum atomic E-state index is -0.978. The molecule has 1 unspecified atom stereocenters. The lowest BCUT2D eigenvalue weighted by Gasteiger charge is -2.22. The molecule has 0 spiro atoms. The number of carbonyl (C=O) groups is 2. The first kappa shape index (κ1) is 28.0. The molecule has 0 heterocycles. The topological polar surface area (TPSA) is 94.5 Å². The summed E-state index contributed by atoms with van der Waals surface area (Å²) in [5.74, 6) is 0.506. The van der Waals surface area contributed by atoms with Crippen LogP contribution in [-0.4, -0.2) is 67.7 Å². The molecule has 0 fully saturated rings. The number of hydrogen-bond acceptors (Lipinski definition) is 6. The SMILES string of the molecule is CCCOC(=O)N(CCCCOc1ccccc1)CCOc1ccc(CC(OCC)C(=O)O)cc1. The van der Waals surface area contributed by atoms with Gasteiger partial charge in [-0.05, 0) is 56.0 Å². The molecule has 8 nitrogen and oxygen atoms in total. The van der Waals surface area contributed by atoms with Crippen LogP contribution in [0, 0.1) is 0 Å². The summed E-state index contributed by atoms with van der Waals surface area (Å²) in [4.78, 5) is 25.4. The van der Waals surface area contributed by atoms with Crippen LogP contribution in [0.1, 0.15) is 38.7 Å². The van der Waals surface area contributed by atoms with Gasteiger partial charge in [0.05, 0.1) is 19.8 Å². The molecule has 0 bridgehead atoms. The van der Waals surface area contributed by atoms with E-state index in [9.17, 15) is 14.7 Å². The van der Waals surface area contributed by atoms with Crippen LogP contribution in [-0.2, 0) is 20.7 Å². The van der Waals surface area contributed by atoms with E-state index in [0.717, 1.165) is 30.6 Å². The summed E-state index contributed by atoms with van der Waals surface area (Å²) in [6.45, 7) is 6.30. The van der Waals surface area contributed by atoms with Gasteiger partial charge in [-0.1, -0.05) is 37.3 Å². The molecule has 0 aliphatic carbocycles. The maximum atomic E-state index is 12.4. The Balaban J connectivity index is 1.78. The quantitative estimate of drug-likeness (QED) is 0.320. The molecular weight excluding hydrogens is 450 g/mol. The third kappa shape index (κ3) is 11.1. The molecule has 0 aliphatic heterocycles. The van der Waals surface area contributed by atoms with Gasteiger partial charge in [0, 0.05) is 19.6 Å². The van der Waals surface area contributed by atoms with Gasteiger partial charge >= 0.3 is 12.1 Å². The zero-order valence-electron chi connectivity index (χ0n) is 20.7. The van der Waals surface area contributed by atoms with Crippen molar-refractivity contribution in [2.24, 2.45) is 0 Å². The minimum absolute atomic E-state index is 0.286. The molecule has 2 aromatic carbocycles. The highest BCUT2D eigenvalue weighted by atomic mass is 16.6. The van der Waals surface area contributed by atoms with Gasteiger partial charge in [0.1, 0.15) is 18.1 Å². The van der Waals surface area contributed by atoms with E-state index < -0.39 is 12.1 Å². The van der Waals surface area contributed by atoms with Crippen LogP contribution in [0.2, 0.25) is 0 Å². The molecule has 0 saturated heterocycles. The summed E-state index contributed by atoms with van der Waals surface area (Å²) in [5.41, 5.74) is 0.848. The van der Waals surface area contributed by atoms with Crippen LogP contribution >= 0.6 is 0 Å². The van der Waals surface area contributed by atoms with Crippen LogP contribution in [0.15, 0.2) is 54.6 Å². The normalized spacial score (nSPS) is 11.5. The maximum Gasteiger partial charge on any atom is 0.409 e. The van der Waals surface area contributed by atoms with Crippen molar-refractivity contribution in [2.45, 2.75) is 45.6 Å². The summed E-state index contributed by atoms with van der Waals surface area (Å²) in [6.07, 6.45) is 1.44. The molecule has 0 aromatic heterocycles. The van der Waals surface area contributed by atoms with E-state index in [0.29, 0.717) is 45.3 Å². The fourth-order valence-electron chi connectivity index (χ4n) is 3.31. The standard InChI is InChI=1S/C27H37NO7/c1-3-18-35-27(31)28(16-8-9-19-33-23-10-6-5-7-11-23)17-20-34-24-14-12-22(13-15-24)21-25(26(29)30)32-4-2/h5-7,10-15,25H,3-4,8-9,16-21H2,1-2H3,(H,29,30). The summed E-state index contributed by atoms with van der Waals surface area (Å²) in [6, 6.07) is 16.9. The molecule has 1 amide bonds. The summed E-state index contributed by atoms with van der Waals surface area (Å²) >= 11 is 0. The number of benzene rings is 2. The van der Waals surface area contributed by atoms with Gasteiger partial charge in [0.15, 0.2) is 6.10 Å². The number of nitrogens with zero attached hydrogens (tertiary/aromatic N) is 1. The van der Waals surface area contributed by atoms with Crippen molar-refractivity contribution >= 4 is 12.1 Å². The fourth-order valence-corrected chi connectivity index (χ4v) is 3.31. The Morgan fingerprint density at radius 1 is 0.857 bits per heavy atom. The van der Waals surface area contributed by atoms with Crippen LogP contribution in [0.4, 0.5) is 4.79 Å². The van der Waals surface area contributed by atoms with Gasteiger partial charge in [-0.15, -0.1) is 0 Å². The van der Waals surface area contributed by atoms with Gasteiger partial charge in [0.2, 0.25) is 0 Å². The van der Waals surface area contributed by atoms with Gasteiger partial charge in [-0.2, -0.15) is 0 Å². The Bertz CT molecular complexity index is 858. The van der Waals surface area contributed by atoms with Crippen molar-refractivity contribution in [3.05, 3.63) is 60.2 Å².